The van der Waals surface area contributed by atoms with Gasteiger partial charge in [-0.15, -0.1) is 0 Å². The van der Waals surface area contributed by atoms with Crippen molar-refractivity contribution >= 4 is 25.4 Å². The van der Waals surface area contributed by atoms with E-state index in [0.29, 0.717) is 0 Å². The van der Waals surface area contributed by atoms with Gasteiger partial charge in [-0.3, -0.25) is 10.1 Å². The third-order valence-electron chi connectivity index (χ3n) is 1.94. The van der Waals surface area contributed by atoms with Gasteiger partial charge in [-0.25, -0.2) is 8.42 Å². The molecule has 0 bridgehead atoms. The lowest BCUT2D eigenvalue weighted by molar-refractivity contribution is -0.388. The van der Waals surface area contributed by atoms with E-state index in [-0.39, 0.29) is 12.1 Å². The average molecular weight is 276 g/mol. The Morgan fingerprint density at radius 3 is 2.47 bits per heavy atom. The van der Waals surface area contributed by atoms with Gasteiger partial charge in [-0.2, -0.15) is 5.26 Å². The highest BCUT2D eigenvalue weighted by atomic mass is 35.7. The first kappa shape index (κ1) is 13.4. The predicted octanol–water partition coefficient (Wildman–Crippen LogP) is 0.853. The van der Waals surface area contributed by atoms with Crippen LogP contribution in [0.15, 0.2) is 17.0 Å². The SMILES string of the molecule is N#Cc1cc(CN)cc(S(=O)(=O)Cl)c1[N+](=O)[O-]. The van der Waals surface area contributed by atoms with E-state index in [1.54, 1.807) is 6.07 Å². The third-order valence-corrected chi connectivity index (χ3v) is 3.27. The number of nitro benzene ring substituents is 1. The molecule has 90 valence electrons. The first-order chi connectivity index (χ1) is 7.81. The molecule has 1 rings (SSSR count). The summed E-state index contributed by atoms with van der Waals surface area (Å²) in [4.78, 5) is 9.06. The highest BCUT2D eigenvalue weighted by molar-refractivity contribution is 8.13. The molecule has 2 N–H and O–H groups in total. The summed E-state index contributed by atoms with van der Waals surface area (Å²) in [5.41, 5.74) is 4.34. The van der Waals surface area contributed by atoms with Gasteiger partial charge in [0.05, 0.1) is 4.92 Å². The molecule has 0 fully saturated rings. The monoisotopic (exact) mass is 275 g/mol. The minimum Gasteiger partial charge on any atom is -0.326 e. The van der Waals surface area contributed by atoms with E-state index >= 15 is 0 Å². The Morgan fingerprint density at radius 1 is 1.53 bits per heavy atom. The van der Waals surface area contributed by atoms with Crippen molar-refractivity contribution < 1.29 is 13.3 Å². The van der Waals surface area contributed by atoms with Crippen LogP contribution in [0.1, 0.15) is 11.1 Å². The third kappa shape index (κ3) is 2.71. The van der Waals surface area contributed by atoms with Crippen molar-refractivity contribution in [1.29, 1.82) is 5.26 Å². The summed E-state index contributed by atoms with van der Waals surface area (Å²) in [6.45, 7) is -0.0634. The molecular formula is C8H6ClN3O4S. The van der Waals surface area contributed by atoms with Crippen molar-refractivity contribution in [3.63, 3.8) is 0 Å². The Kier molecular flexibility index (Phi) is 3.67. The zero-order valence-electron chi connectivity index (χ0n) is 8.25. The van der Waals surface area contributed by atoms with E-state index in [9.17, 15) is 18.5 Å². The van der Waals surface area contributed by atoms with Gasteiger partial charge in [-0.1, -0.05) is 0 Å². The van der Waals surface area contributed by atoms with Crippen molar-refractivity contribution in [2.45, 2.75) is 11.4 Å². The molecule has 7 nitrogen and oxygen atoms in total. The maximum atomic E-state index is 11.2. The molecule has 0 atom stereocenters. The van der Waals surface area contributed by atoms with E-state index in [2.05, 4.69) is 0 Å². The van der Waals surface area contributed by atoms with Gasteiger partial charge in [0.25, 0.3) is 9.05 Å². The van der Waals surface area contributed by atoms with Gasteiger partial charge < -0.3 is 5.73 Å². The maximum Gasteiger partial charge on any atom is 0.306 e. The van der Waals surface area contributed by atoms with Crippen LogP contribution < -0.4 is 5.73 Å². The minimum atomic E-state index is -4.32. The van der Waals surface area contributed by atoms with E-state index in [1.807, 2.05) is 0 Å². The molecule has 9 heteroatoms. The average Bonchev–Trinajstić information content (AvgIpc) is 2.25. The van der Waals surface area contributed by atoms with Gasteiger partial charge in [0.15, 0.2) is 4.90 Å². The Balaban J connectivity index is 3.79. The summed E-state index contributed by atoms with van der Waals surface area (Å²) in [6.07, 6.45) is 0. The summed E-state index contributed by atoms with van der Waals surface area (Å²) in [5.74, 6) is 0. The van der Waals surface area contributed by atoms with E-state index in [0.717, 1.165) is 12.1 Å². The Labute approximate surface area is 101 Å². The van der Waals surface area contributed by atoms with Gasteiger partial charge in [0.1, 0.15) is 11.6 Å². The normalized spacial score (nSPS) is 10.9. The summed E-state index contributed by atoms with van der Waals surface area (Å²) in [5, 5.41) is 19.5. The first-order valence-corrected chi connectivity index (χ1v) is 6.48. The molecule has 0 unspecified atom stereocenters. The van der Waals surface area contributed by atoms with Crippen molar-refractivity contribution in [2.24, 2.45) is 5.73 Å². The molecule has 0 spiro atoms. The summed E-state index contributed by atoms with van der Waals surface area (Å²) in [7, 11) is 0.763. The molecule has 0 saturated carbocycles. The number of nitro groups is 1. The predicted molar refractivity (Wildman–Crippen MR) is 58.7 cm³/mol. The highest BCUT2D eigenvalue weighted by Crippen LogP contribution is 2.31. The Bertz CT molecular complexity index is 620. The van der Waals surface area contributed by atoms with Crippen LogP contribution in [0.5, 0.6) is 0 Å². The summed E-state index contributed by atoms with van der Waals surface area (Å²) < 4.78 is 22.4. The first-order valence-electron chi connectivity index (χ1n) is 4.17. The molecule has 1 aromatic rings. The number of nitriles is 1. The smallest absolute Gasteiger partial charge is 0.306 e. The second kappa shape index (κ2) is 4.67. The Hall–Kier alpha value is -1.69. The molecule has 0 heterocycles. The fraction of sp³-hybridized carbons (Fsp3) is 0.125. The minimum absolute atomic E-state index is 0.0634. The largest absolute Gasteiger partial charge is 0.326 e. The Morgan fingerprint density at radius 2 is 2.12 bits per heavy atom. The van der Waals surface area contributed by atoms with Gasteiger partial charge >= 0.3 is 5.69 Å². The fourth-order valence-electron chi connectivity index (χ4n) is 1.24. The van der Waals surface area contributed by atoms with Crippen LogP contribution in [-0.2, 0) is 15.6 Å². The molecule has 0 aliphatic rings. The number of hydrogen-bond acceptors (Lipinski definition) is 6. The maximum absolute atomic E-state index is 11.2. The lowest BCUT2D eigenvalue weighted by Gasteiger charge is -2.04. The fourth-order valence-corrected chi connectivity index (χ4v) is 2.30. The quantitative estimate of drug-likeness (QED) is 0.495. The van der Waals surface area contributed by atoms with Crippen molar-refractivity contribution in [2.75, 3.05) is 0 Å². The van der Waals surface area contributed by atoms with Crippen LogP contribution in [0.2, 0.25) is 0 Å². The standard InChI is InChI=1S/C8H6ClN3O4S/c9-17(15,16)7-2-5(3-10)1-6(4-11)8(7)12(13)14/h1-2H,3,10H2. The number of benzene rings is 1. The van der Waals surface area contributed by atoms with Gasteiger partial charge in [-0.05, 0) is 17.7 Å². The van der Waals surface area contributed by atoms with Crippen LogP contribution in [0.25, 0.3) is 0 Å². The number of rotatable bonds is 3. The van der Waals surface area contributed by atoms with E-state index in [4.69, 9.17) is 21.7 Å². The van der Waals surface area contributed by atoms with Crippen molar-refractivity contribution in [3.8, 4) is 6.07 Å². The lowest BCUT2D eigenvalue weighted by Crippen LogP contribution is -2.05. The van der Waals surface area contributed by atoms with Crippen LogP contribution in [0.3, 0.4) is 0 Å². The van der Waals surface area contributed by atoms with Gasteiger partial charge in [0.2, 0.25) is 0 Å². The zero-order valence-corrected chi connectivity index (χ0v) is 9.83. The van der Waals surface area contributed by atoms with Crippen LogP contribution in [0.4, 0.5) is 5.69 Å². The lowest BCUT2D eigenvalue weighted by atomic mass is 10.1. The second-order valence-corrected chi connectivity index (χ2v) is 5.54. The zero-order chi connectivity index (χ0) is 13.2. The van der Waals surface area contributed by atoms with E-state index in [1.165, 1.54) is 0 Å². The molecule has 0 aliphatic carbocycles. The number of halogens is 1. The number of hydrogen-bond donors (Lipinski definition) is 1. The topological polar surface area (TPSA) is 127 Å². The second-order valence-electron chi connectivity index (χ2n) is 3.00. The highest BCUT2D eigenvalue weighted by Gasteiger charge is 2.28. The number of nitrogens with two attached hydrogens (primary N) is 1. The molecule has 0 aromatic heterocycles. The van der Waals surface area contributed by atoms with Gasteiger partial charge in [0, 0.05) is 17.2 Å². The molecule has 17 heavy (non-hydrogen) atoms. The van der Waals surface area contributed by atoms with Crippen molar-refractivity contribution in [3.05, 3.63) is 33.4 Å². The molecule has 0 aliphatic heterocycles. The van der Waals surface area contributed by atoms with E-state index < -0.39 is 30.1 Å². The van der Waals surface area contributed by atoms with Crippen molar-refractivity contribution in [1.82, 2.24) is 0 Å². The van der Waals surface area contributed by atoms with Crippen LogP contribution >= 0.6 is 10.7 Å². The number of nitrogens with zero attached hydrogens (tertiary/aromatic N) is 2. The molecule has 0 saturated heterocycles. The molecular weight excluding hydrogens is 270 g/mol. The summed E-state index contributed by atoms with van der Waals surface area (Å²) >= 11 is 0. The molecule has 0 radical (unpaired) electrons. The van der Waals surface area contributed by atoms with Crippen LogP contribution in [-0.4, -0.2) is 13.3 Å². The molecule has 0 amide bonds. The summed E-state index contributed by atoms with van der Waals surface area (Å²) in [6, 6.07) is 3.69. The van der Waals surface area contributed by atoms with Crippen LogP contribution in [0, 0.1) is 21.4 Å². The molecule has 1 aromatic carbocycles.